The van der Waals surface area contributed by atoms with Crippen LogP contribution in [0.2, 0.25) is 0 Å². The number of hydrogen-bond donors (Lipinski definition) is 2. The number of carbonyl (C=O) groups excluding carboxylic acids is 1. The van der Waals surface area contributed by atoms with E-state index in [0.717, 1.165) is 18.2 Å². The lowest BCUT2D eigenvalue weighted by molar-refractivity contribution is -0.137. The summed E-state index contributed by atoms with van der Waals surface area (Å²) in [6.07, 6.45) is -3.93. The maximum absolute atomic E-state index is 14.2. The van der Waals surface area contributed by atoms with Crippen molar-refractivity contribution in [1.29, 1.82) is 0 Å². The van der Waals surface area contributed by atoms with Crippen LogP contribution in [0.25, 0.3) is 0 Å². The standard InChI is InChI=1S/C18H19F4N3O2/c1-17(2,3)15(23)16(26)25-11-5-6-13(12(19)8-11)27-14-7-4-10(9-24-14)18(20,21)22/h4-9,15H,23H2,1-3H3,(H,25,26)/t15-/m1/s1. The molecule has 1 amide bonds. The fourth-order valence-corrected chi connectivity index (χ4v) is 2.00. The summed E-state index contributed by atoms with van der Waals surface area (Å²) in [7, 11) is 0. The van der Waals surface area contributed by atoms with Crippen LogP contribution in [0.15, 0.2) is 36.5 Å². The predicted molar refractivity (Wildman–Crippen MR) is 91.8 cm³/mol. The Morgan fingerprint density at radius 1 is 1.19 bits per heavy atom. The number of amides is 1. The largest absolute Gasteiger partial charge is 0.436 e. The van der Waals surface area contributed by atoms with Gasteiger partial charge >= 0.3 is 6.18 Å². The molecule has 1 heterocycles. The SMILES string of the molecule is CC(C)(C)[C@H](N)C(=O)Nc1ccc(Oc2ccc(C(F)(F)F)cn2)c(F)c1. The second kappa shape index (κ2) is 7.51. The molecule has 1 atom stereocenters. The van der Waals surface area contributed by atoms with Crippen LogP contribution in [-0.2, 0) is 11.0 Å². The minimum Gasteiger partial charge on any atom is -0.436 e. The summed E-state index contributed by atoms with van der Waals surface area (Å²) in [5, 5.41) is 2.50. The second-order valence-corrected chi connectivity index (χ2v) is 6.96. The van der Waals surface area contributed by atoms with Gasteiger partial charge in [0.2, 0.25) is 11.8 Å². The van der Waals surface area contributed by atoms with E-state index in [0.29, 0.717) is 6.20 Å². The summed E-state index contributed by atoms with van der Waals surface area (Å²) in [5.41, 5.74) is 4.59. The first-order chi connectivity index (χ1) is 12.4. The Hall–Kier alpha value is -2.68. The van der Waals surface area contributed by atoms with Crippen LogP contribution in [0.4, 0.5) is 23.2 Å². The van der Waals surface area contributed by atoms with Gasteiger partial charge in [0.05, 0.1) is 11.6 Å². The number of aromatic nitrogens is 1. The predicted octanol–water partition coefficient (Wildman–Crippen LogP) is 4.34. The first-order valence-corrected chi connectivity index (χ1v) is 7.95. The molecule has 0 aliphatic rings. The number of nitrogens with two attached hydrogens (primary N) is 1. The van der Waals surface area contributed by atoms with E-state index in [1.54, 1.807) is 20.8 Å². The highest BCUT2D eigenvalue weighted by atomic mass is 19.4. The monoisotopic (exact) mass is 385 g/mol. The molecular formula is C18H19F4N3O2. The molecule has 0 saturated heterocycles. The molecule has 0 spiro atoms. The lowest BCUT2D eigenvalue weighted by Gasteiger charge is -2.25. The zero-order valence-corrected chi connectivity index (χ0v) is 14.9. The van der Waals surface area contributed by atoms with Gasteiger partial charge in [0, 0.05) is 24.0 Å². The van der Waals surface area contributed by atoms with Gasteiger partial charge in [0.15, 0.2) is 11.6 Å². The topological polar surface area (TPSA) is 77.2 Å². The summed E-state index contributed by atoms with van der Waals surface area (Å²) >= 11 is 0. The maximum Gasteiger partial charge on any atom is 0.417 e. The van der Waals surface area contributed by atoms with E-state index < -0.39 is 34.9 Å². The molecule has 5 nitrogen and oxygen atoms in total. The Morgan fingerprint density at radius 2 is 1.85 bits per heavy atom. The van der Waals surface area contributed by atoms with Gasteiger partial charge in [0.25, 0.3) is 0 Å². The first-order valence-electron chi connectivity index (χ1n) is 7.95. The van der Waals surface area contributed by atoms with E-state index in [2.05, 4.69) is 10.3 Å². The number of hydrogen-bond acceptors (Lipinski definition) is 4. The summed E-state index contributed by atoms with van der Waals surface area (Å²) in [6.45, 7) is 5.39. The van der Waals surface area contributed by atoms with Crippen molar-refractivity contribution in [2.45, 2.75) is 33.0 Å². The third-order valence-corrected chi connectivity index (χ3v) is 3.69. The number of benzene rings is 1. The van der Waals surface area contributed by atoms with Gasteiger partial charge in [-0.2, -0.15) is 13.2 Å². The number of anilines is 1. The molecule has 1 aromatic carbocycles. The number of alkyl halides is 3. The summed E-state index contributed by atoms with van der Waals surface area (Å²) < 4.78 is 56.8. The fourth-order valence-electron chi connectivity index (χ4n) is 2.00. The van der Waals surface area contributed by atoms with Gasteiger partial charge in [-0.3, -0.25) is 4.79 Å². The highest BCUT2D eigenvalue weighted by molar-refractivity contribution is 5.95. The Bertz CT molecular complexity index is 815. The molecule has 0 radical (unpaired) electrons. The van der Waals surface area contributed by atoms with E-state index in [1.165, 1.54) is 12.1 Å². The normalized spacial score (nSPS) is 13.2. The molecule has 146 valence electrons. The van der Waals surface area contributed by atoms with Crippen molar-refractivity contribution in [3.63, 3.8) is 0 Å². The van der Waals surface area contributed by atoms with Crippen LogP contribution in [-0.4, -0.2) is 16.9 Å². The first kappa shape index (κ1) is 20.6. The number of halogens is 4. The number of carbonyl (C=O) groups is 1. The Labute approximate surface area is 153 Å². The molecule has 27 heavy (non-hydrogen) atoms. The molecule has 0 aliphatic carbocycles. The lowest BCUT2D eigenvalue weighted by Crippen LogP contribution is -2.45. The summed E-state index contributed by atoms with van der Waals surface area (Å²) in [5.74, 6) is -1.74. The molecule has 2 aromatic rings. The molecule has 0 unspecified atom stereocenters. The van der Waals surface area contributed by atoms with Crippen molar-refractivity contribution in [2.24, 2.45) is 11.1 Å². The third-order valence-electron chi connectivity index (χ3n) is 3.69. The average Bonchev–Trinajstić information content (AvgIpc) is 2.55. The Balaban J connectivity index is 2.09. The lowest BCUT2D eigenvalue weighted by atomic mass is 9.87. The molecular weight excluding hydrogens is 366 g/mol. The van der Waals surface area contributed by atoms with Crippen molar-refractivity contribution in [3.05, 3.63) is 47.9 Å². The number of rotatable bonds is 4. The quantitative estimate of drug-likeness (QED) is 0.768. The molecule has 1 aromatic heterocycles. The van der Waals surface area contributed by atoms with Crippen molar-refractivity contribution in [3.8, 4) is 11.6 Å². The fraction of sp³-hybridized carbons (Fsp3) is 0.333. The van der Waals surface area contributed by atoms with Gasteiger partial charge in [-0.05, 0) is 23.6 Å². The Morgan fingerprint density at radius 3 is 2.33 bits per heavy atom. The molecule has 9 heteroatoms. The zero-order chi connectivity index (χ0) is 20.4. The molecule has 2 rings (SSSR count). The minimum atomic E-state index is -4.52. The van der Waals surface area contributed by atoms with Crippen LogP contribution in [0, 0.1) is 11.2 Å². The smallest absolute Gasteiger partial charge is 0.417 e. The van der Waals surface area contributed by atoms with Crippen LogP contribution in [0.3, 0.4) is 0 Å². The molecule has 0 fully saturated rings. The van der Waals surface area contributed by atoms with Crippen LogP contribution in [0.1, 0.15) is 26.3 Å². The number of nitrogens with one attached hydrogen (secondary N) is 1. The van der Waals surface area contributed by atoms with Gasteiger partial charge < -0.3 is 15.8 Å². The molecule has 0 aliphatic heterocycles. The Kier molecular flexibility index (Phi) is 5.74. The average molecular weight is 385 g/mol. The van der Waals surface area contributed by atoms with Crippen LogP contribution in [0.5, 0.6) is 11.6 Å². The van der Waals surface area contributed by atoms with Crippen LogP contribution < -0.4 is 15.8 Å². The van der Waals surface area contributed by atoms with Gasteiger partial charge in [-0.1, -0.05) is 20.8 Å². The molecule has 0 saturated carbocycles. The summed E-state index contributed by atoms with van der Waals surface area (Å²) in [6, 6.07) is 4.60. The highest BCUT2D eigenvalue weighted by Crippen LogP contribution is 2.31. The van der Waals surface area contributed by atoms with Crippen molar-refractivity contribution >= 4 is 11.6 Å². The second-order valence-electron chi connectivity index (χ2n) is 6.96. The van der Waals surface area contributed by atoms with Crippen molar-refractivity contribution in [1.82, 2.24) is 4.98 Å². The van der Waals surface area contributed by atoms with E-state index in [1.807, 2.05) is 0 Å². The van der Waals surface area contributed by atoms with E-state index >= 15 is 0 Å². The third kappa shape index (κ3) is 5.40. The molecule has 0 bridgehead atoms. The van der Waals surface area contributed by atoms with Crippen molar-refractivity contribution < 1.29 is 27.1 Å². The van der Waals surface area contributed by atoms with E-state index in [-0.39, 0.29) is 17.3 Å². The van der Waals surface area contributed by atoms with Crippen LogP contribution >= 0.6 is 0 Å². The molecule has 3 N–H and O–H groups in total. The van der Waals surface area contributed by atoms with Gasteiger partial charge in [0.1, 0.15) is 0 Å². The van der Waals surface area contributed by atoms with Gasteiger partial charge in [-0.15, -0.1) is 0 Å². The van der Waals surface area contributed by atoms with Crippen molar-refractivity contribution in [2.75, 3.05) is 5.32 Å². The van der Waals surface area contributed by atoms with E-state index in [9.17, 15) is 22.4 Å². The van der Waals surface area contributed by atoms with Gasteiger partial charge in [-0.25, -0.2) is 9.37 Å². The minimum absolute atomic E-state index is 0.171. The number of ether oxygens (including phenoxy) is 1. The number of nitrogens with zero attached hydrogens (tertiary/aromatic N) is 1. The highest BCUT2D eigenvalue weighted by Gasteiger charge is 2.31. The van der Waals surface area contributed by atoms with E-state index in [4.69, 9.17) is 10.5 Å². The summed E-state index contributed by atoms with van der Waals surface area (Å²) in [4.78, 5) is 15.6. The number of pyridine rings is 1. The maximum atomic E-state index is 14.2. The zero-order valence-electron chi connectivity index (χ0n) is 14.9.